The predicted molar refractivity (Wildman–Crippen MR) is 70.9 cm³/mol. The molecule has 18 heavy (non-hydrogen) atoms. The predicted octanol–water partition coefficient (Wildman–Crippen LogP) is 1.99. The summed E-state index contributed by atoms with van der Waals surface area (Å²) in [5.41, 5.74) is 3.53. The fraction of sp³-hybridized carbons (Fsp3) is 0. The first-order valence-corrected chi connectivity index (χ1v) is 5.58. The first-order chi connectivity index (χ1) is 8.79. The molecule has 1 amide bonds. The van der Waals surface area contributed by atoms with Crippen LogP contribution in [0.1, 0.15) is 10.4 Å². The van der Waals surface area contributed by atoms with Gasteiger partial charge in [-0.1, -0.05) is 24.3 Å². The molecule has 4 heteroatoms. The Balaban J connectivity index is 2.36. The van der Waals surface area contributed by atoms with E-state index < -0.39 is 0 Å². The maximum absolute atomic E-state index is 11.5. The number of pyridine rings is 1. The van der Waals surface area contributed by atoms with E-state index in [4.69, 9.17) is 5.84 Å². The summed E-state index contributed by atoms with van der Waals surface area (Å²) in [6.07, 6.45) is 1.83. The van der Waals surface area contributed by atoms with Gasteiger partial charge in [-0.15, -0.1) is 0 Å². The van der Waals surface area contributed by atoms with Crippen LogP contribution in [-0.2, 0) is 0 Å². The fourth-order valence-corrected chi connectivity index (χ4v) is 2.08. The lowest BCUT2D eigenvalue weighted by Crippen LogP contribution is -2.29. The molecule has 0 spiro atoms. The van der Waals surface area contributed by atoms with Crippen molar-refractivity contribution < 1.29 is 4.79 Å². The molecule has 4 nitrogen and oxygen atoms in total. The van der Waals surface area contributed by atoms with Crippen molar-refractivity contribution in [3.05, 3.63) is 54.2 Å². The molecule has 0 aliphatic heterocycles. The number of fused-ring (bicyclic) bond motifs is 3. The molecule has 0 fully saturated rings. The summed E-state index contributed by atoms with van der Waals surface area (Å²) < 4.78 is 0. The highest BCUT2D eigenvalue weighted by atomic mass is 16.2. The smallest absolute Gasteiger partial charge is 0.265 e. The second kappa shape index (κ2) is 4.09. The lowest BCUT2D eigenvalue weighted by Gasteiger charge is -2.05. The lowest BCUT2D eigenvalue weighted by molar-refractivity contribution is 0.0954. The van der Waals surface area contributed by atoms with Gasteiger partial charge in [0, 0.05) is 22.5 Å². The van der Waals surface area contributed by atoms with E-state index in [1.807, 2.05) is 42.6 Å². The number of nitrogens with two attached hydrogens (primary N) is 1. The third kappa shape index (κ3) is 1.59. The number of amides is 1. The first-order valence-electron chi connectivity index (χ1n) is 5.58. The van der Waals surface area contributed by atoms with Gasteiger partial charge in [-0.05, 0) is 23.6 Å². The van der Waals surface area contributed by atoms with Crippen molar-refractivity contribution in [2.45, 2.75) is 0 Å². The van der Waals surface area contributed by atoms with Gasteiger partial charge in [-0.2, -0.15) is 0 Å². The van der Waals surface area contributed by atoms with E-state index in [1.165, 1.54) is 0 Å². The van der Waals surface area contributed by atoms with Gasteiger partial charge in [0.1, 0.15) is 0 Å². The van der Waals surface area contributed by atoms with Crippen LogP contribution < -0.4 is 11.3 Å². The first kappa shape index (κ1) is 10.7. The Kier molecular flexibility index (Phi) is 2.42. The molecule has 0 saturated heterocycles. The third-order valence-corrected chi connectivity index (χ3v) is 2.98. The van der Waals surface area contributed by atoms with Gasteiger partial charge < -0.3 is 0 Å². The van der Waals surface area contributed by atoms with Crippen molar-refractivity contribution in [3.63, 3.8) is 0 Å². The molecule has 0 bridgehead atoms. The van der Waals surface area contributed by atoms with E-state index in [9.17, 15) is 4.79 Å². The van der Waals surface area contributed by atoms with Crippen molar-refractivity contribution >= 4 is 27.6 Å². The molecule has 0 unspecified atom stereocenters. The molecular weight excluding hydrogens is 226 g/mol. The summed E-state index contributed by atoms with van der Waals surface area (Å²) in [4.78, 5) is 15.9. The highest BCUT2D eigenvalue weighted by molar-refractivity contribution is 6.08. The van der Waals surface area contributed by atoms with Gasteiger partial charge in [0.05, 0.1) is 5.52 Å². The number of rotatable bonds is 1. The van der Waals surface area contributed by atoms with Crippen LogP contribution in [0.4, 0.5) is 0 Å². The Bertz CT molecular complexity index is 752. The number of carbonyl (C=O) groups excluding carboxylic acids is 1. The monoisotopic (exact) mass is 237 g/mol. The molecule has 1 aromatic heterocycles. The zero-order valence-electron chi connectivity index (χ0n) is 9.55. The van der Waals surface area contributed by atoms with Gasteiger partial charge in [-0.25, -0.2) is 5.84 Å². The molecule has 0 radical (unpaired) electrons. The number of hydrogen-bond acceptors (Lipinski definition) is 3. The minimum atomic E-state index is -0.301. The van der Waals surface area contributed by atoms with Gasteiger partial charge in [0.15, 0.2) is 0 Å². The maximum atomic E-state index is 11.5. The minimum Gasteiger partial charge on any atom is -0.290 e. The molecule has 88 valence electrons. The largest absolute Gasteiger partial charge is 0.290 e. The Morgan fingerprint density at radius 3 is 2.78 bits per heavy atom. The van der Waals surface area contributed by atoms with Crippen LogP contribution in [0.25, 0.3) is 21.7 Å². The number of aromatic nitrogens is 1. The molecule has 3 rings (SSSR count). The van der Waals surface area contributed by atoms with E-state index in [-0.39, 0.29) is 5.91 Å². The molecular formula is C14H11N3O. The van der Waals surface area contributed by atoms with E-state index in [2.05, 4.69) is 10.4 Å². The van der Waals surface area contributed by atoms with E-state index >= 15 is 0 Å². The maximum Gasteiger partial charge on any atom is 0.265 e. The highest BCUT2D eigenvalue weighted by Crippen LogP contribution is 2.24. The highest BCUT2D eigenvalue weighted by Gasteiger charge is 2.07. The van der Waals surface area contributed by atoms with Gasteiger partial charge in [0.25, 0.3) is 5.91 Å². The Morgan fingerprint density at radius 1 is 1.11 bits per heavy atom. The minimum absolute atomic E-state index is 0.301. The molecule has 2 aromatic carbocycles. The van der Waals surface area contributed by atoms with Crippen LogP contribution in [0.2, 0.25) is 0 Å². The number of benzene rings is 2. The average Bonchev–Trinajstić information content (AvgIpc) is 2.45. The lowest BCUT2D eigenvalue weighted by atomic mass is 10.0. The number of hydrazine groups is 1. The van der Waals surface area contributed by atoms with Crippen LogP contribution >= 0.6 is 0 Å². The molecule has 0 aliphatic rings. The van der Waals surface area contributed by atoms with Gasteiger partial charge >= 0.3 is 0 Å². The van der Waals surface area contributed by atoms with E-state index in [0.29, 0.717) is 5.56 Å². The SMILES string of the molecule is NNC(=O)c1ccc2ncc3ccccc3c2c1. The Hall–Kier alpha value is -2.46. The summed E-state index contributed by atoms with van der Waals surface area (Å²) in [7, 11) is 0. The molecule has 3 N–H and O–H groups in total. The summed E-state index contributed by atoms with van der Waals surface area (Å²) in [6.45, 7) is 0. The molecule has 0 saturated carbocycles. The van der Waals surface area contributed by atoms with Crippen molar-refractivity contribution in [1.82, 2.24) is 10.4 Å². The summed E-state index contributed by atoms with van der Waals surface area (Å²) in [5, 5.41) is 3.08. The average molecular weight is 237 g/mol. The molecule has 3 aromatic rings. The molecule has 0 aliphatic carbocycles. The molecule has 1 heterocycles. The number of hydrogen-bond donors (Lipinski definition) is 2. The van der Waals surface area contributed by atoms with Crippen LogP contribution in [-0.4, -0.2) is 10.9 Å². The Morgan fingerprint density at radius 2 is 1.94 bits per heavy atom. The second-order valence-electron chi connectivity index (χ2n) is 4.05. The number of carbonyl (C=O) groups is 1. The Labute approximate surface area is 103 Å². The second-order valence-corrected chi connectivity index (χ2v) is 4.05. The number of nitrogens with one attached hydrogen (secondary N) is 1. The standard InChI is InChI=1S/C14H11N3O/c15-17-14(18)9-5-6-13-12(7-9)11-4-2-1-3-10(11)8-16-13/h1-8H,15H2,(H,17,18). The number of nitrogen functional groups attached to an aromatic ring is 1. The van der Waals surface area contributed by atoms with Crippen LogP contribution in [0.3, 0.4) is 0 Å². The van der Waals surface area contributed by atoms with Gasteiger partial charge in [-0.3, -0.25) is 15.2 Å². The van der Waals surface area contributed by atoms with Crippen molar-refractivity contribution in [2.75, 3.05) is 0 Å². The third-order valence-electron chi connectivity index (χ3n) is 2.98. The number of nitrogens with zero attached hydrogens (tertiary/aromatic N) is 1. The zero-order chi connectivity index (χ0) is 12.5. The molecule has 0 atom stereocenters. The van der Waals surface area contributed by atoms with E-state index in [1.54, 1.807) is 6.07 Å². The van der Waals surface area contributed by atoms with Crippen molar-refractivity contribution in [2.24, 2.45) is 5.84 Å². The van der Waals surface area contributed by atoms with Gasteiger partial charge in [0.2, 0.25) is 0 Å². The topological polar surface area (TPSA) is 68.0 Å². The van der Waals surface area contributed by atoms with E-state index in [0.717, 1.165) is 21.7 Å². The summed E-state index contributed by atoms with van der Waals surface area (Å²) in [5.74, 6) is 4.84. The summed E-state index contributed by atoms with van der Waals surface area (Å²) >= 11 is 0. The fourth-order valence-electron chi connectivity index (χ4n) is 2.08. The van der Waals surface area contributed by atoms with Crippen LogP contribution in [0.15, 0.2) is 48.7 Å². The van der Waals surface area contributed by atoms with Crippen molar-refractivity contribution in [3.8, 4) is 0 Å². The van der Waals surface area contributed by atoms with Crippen LogP contribution in [0, 0.1) is 0 Å². The normalized spacial score (nSPS) is 10.7. The zero-order valence-corrected chi connectivity index (χ0v) is 9.55. The van der Waals surface area contributed by atoms with Crippen molar-refractivity contribution in [1.29, 1.82) is 0 Å². The quantitative estimate of drug-likeness (QED) is 0.294. The summed E-state index contributed by atoms with van der Waals surface area (Å²) in [6, 6.07) is 13.3. The van der Waals surface area contributed by atoms with Crippen LogP contribution in [0.5, 0.6) is 0 Å².